The number of carbonyl (C=O) groups excluding carboxylic acids is 1. The Bertz CT molecular complexity index is 863. The number of amides is 1. The topological polar surface area (TPSA) is 62.1 Å². The van der Waals surface area contributed by atoms with Crippen molar-refractivity contribution in [2.45, 2.75) is 24.0 Å². The van der Waals surface area contributed by atoms with Crippen LogP contribution in [0, 0.1) is 11.3 Å². The zero-order valence-corrected chi connectivity index (χ0v) is 15.4. The molecule has 2 rings (SSSR count). The fourth-order valence-electron chi connectivity index (χ4n) is 2.48. The molecule has 2 aromatic carbocycles. The van der Waals surface area contributed by atoms with E-state index >= 15 is 0 Å². The quantitative estimate of drug-likeness (QED) is 0.730. The maximum absolute atomic E-state index is 13.0. The predicted octanol–water partition coefficient (Wildman–Crippen LogP) is 4.56. The average Bonchev–Trinajstić information content (AvgIpc) is 2.65. The van der Waals surface area contributed by atoms with Crippen LogP contribution in [0.25, 0.3) is 0 Å². The second kappa shape index (κ2) is 8.82. The number of nitrogens with zero attached hydrogens (tertiary/aromatic N) is 1. The highest BCUT2D eigenvalue weighted by Crippen LogP contribution is 2.34. The first-order valence-corrected chi connectivity index (χ1v) is 8.91. The number of ether oxygens (including phenoxy) is 1. The van der Waals surface area contributed by atoms with Crippen LogP contribution < -0.4 is 10.1 Å². The second-order valence-corrected chi connectivity index (χ2v) is 6.69. The van der Waals surface area contributed by atoms with Crippen molar-refractivity contribution in [1.82, 2.24) is 5.32 Å². The maximum atomic E-state index is 13.0. The molecule has 0 aromatic heterocycles. The summed E-state index contributed by atoms with van der Waals surface area (Å²) >= 11 is 0.972. The molecule has 142 valence electrons. The first kappa shape index (κ1) is 20.6. The summed E-state index contributed by atoms with van der Waals surface area (Å²) in [5, 5.41) is 11.6. The first-order valence-electron chi connectivity index (χ1n) is 7.92. The van der Waals surface area contributed by atoms with Crippen molar-refractivity contribution < 1.29 is 22.7 Å². The molecular weight excluding hydrogens is 377 g/mol. The Morgan fingerprint density at radius 3 is 2.63 bits per heavy atom. The van der Waals surface area contributed by atoms with E-state index < -0.39 is 17.3 Å². The highest BCUT2D eigenvalue weighted by molar-refractivity contribution is 8.00. The zero-order chi connectivity index (χ0) is 20.0. The summed E-state index contributed by atoms with van der Waals surface area (Å²) in [5.74, 6) is 0.263. The smallest absolute Gasteiger partial charge is 0.417 e. The lowest BCUT2D eigenvalue weighted by atomic mass is 10.1. The summed E-state index contributed by atoms with van der Waals surface area (Å²) in [6.45, 7) is 1.80. The number of hydrogen-bond donors (Lipinski definition) is 1. The van der Waals surface area contributed by atoms with Gasteiger partial charge < -0.3 is 10.1 Å². The molecule has 0 fully saturated rings. The van der Waals surface area contributed by atoms with Gasteiger partial charge >= 0.3 is 6.18 Å². The summed E-state index contributed by atoms with van der Waals surface area (Å²) in [5.41, 5.74) is -0.644. The highest BCUT2D eigenvalue weighted by Gasteiger charge is 2.33. The molecule has 8 heteroatoms. The lowest BCUT2D eigenvalue weighted by molar-refractivity contribution is -0.137. The molecule has 0 spiro atoms. The van der Waals surface area contributed by atoms with E-state index in [1.165, 1.54) is 19.2 Å². The van der Waals surface area contributed by atoms with Gasteiger partial charge in [0.15, 0.2) is 0 Å². The second-order valence-electron chi connectivity index (χ2n) is 5.64. The van der Waals surface area contributed by atoms with Crippen molar-refractivity contribution in [2.75, 3.05) is 12.9 Å². The minimum atomic E-state index is -4.62. The van der Waals surface area contributed by atoms with Crippen LogP contribution in [0.5, 0.6) is 5.75 Å². The van der Waals surface area contributed by atoms with Crippen LogP contribution in [0.1, 0.15) is 29.7 Å². The van der Waals surface area contributed by atoms with Crippen LogP contribution in [0.3, 0.4) is 0 Å². The van der Waals surface area contributed by atoms with Crippen LogP contribution in [0.15, 0.2) is 47.4 Å². The van der Waals surface area contributed by atoms with Crippen LogP contribution in [0.4, 0.5) is 13.2 Å². The Labute approximate surface area is 159 Å². The van der Waals surface area contributed by atoms with Crippen LogP contribution in [0.2, 0.25) is 0 Å². The number of carbonyl (C=O) groups is 1. The monoisotopic (exact) mass is 394 g/mol. The molecule has 1 N–H and O–H groups in total. The van der Waals surface area contributed by atoms with Gasteiger partial charge in [0.1, 0.15) is 5.75 Å². The molecule has 0 aliphatic carbocycles. The molecule has 27 heavy (non-hydrogen) atoms. The standard InChI is InChI=1S/C19H17F3N2O2S/c1-12(15-5-3-4-6-17(15)26-2)24-18(25)11-27-14-8-7-13(10-23)16(9-14)19(20,21)22/h3-9,12H,11H2,1-2H3,(H,24,25). The van der Waals surface area contributed by atoms with Gasteiger partial charge in [0.2, 0.25) is 5.91 Å². The van der Waals surface area contributed by atoms with Crippen molar-refractivity contribution in [1.29, 1.82) is 5.26 Å². The van der Waals surface area contributed by atoms with Crippen LogP contribution in [-0.4, -0.2) is 18.8 Å². The zero-order valence-electron chi connectivity index (χ0n) is 14.6. The van der Waals surface area contributed by atoms with Gasteiger partial charge in [-0.2, -0.15) is 18.4 Å². The van der Waals surface area contributed by atoms with Gasteiger partial charge in [-0.05, 0) is 31.2 Å². The van der Waals surface area contributed by atoms with E-state index in [2.05, 4.69) is 5.32 Å². The van der Waals surface area contributed by atoms with Gasteiger partial charge in [-0.25, -0.2) is 0 Å². The van der Waals surface area contributed by atoms with E-state index in [0.717, 1.165) is 29.5 Å². The number of rotatable bonds is 6. The third-order valence-electron chi connectivity index (χ3n) is 3.77. The third-order valence-corrected chi connectivity index (χ3v) is 4.76. The number of nitriles is 1. The number of para-hydroxylation sites is 1. The van der Waals surface area contributed by atoms with Gasteiger partial charge in [0, 0.05) is 10.5 Å². The number of halogens is 3. The Kier molecular flexibility index (Phi) is 6.75. The van der Waals surface area contributed by atoms with E-state index in [1.807, 2.05) is 18.2 Å². The molecule has 4 nitrogen and oxygen atoms in total. The number of benzene rings is 2. The van der Waals surface area contributed by atoms with Crippen molar-refractivity contribution in [2.24, 2.45) is 0 Å². The molecule has 0 saturated carbocycles. The fraction of sp³-hybridized carbons (Fsp3) is 0.263. The van der Waals surface area contributed by atoms with Gasteiger partial charge in [0.05, 0.1) is 36.1 Å². The molecule has 0 saturated heterocycles. The highest BCUT2D eigenvalue weighted by atomic mass is 32.2. The SMILES string of the molecule is COc1ccccc1C(C)NC(=O)CSc1ccc(C#N)c(C(F)(F)F)c1. The van der Waals surface area contributed by atoms with Crippen LogP contribution >= 0.6 is 11.8 Å². The minimum absolute atomic E-state index is 0.0529. The van der Waals surface area contributed by atoms with E-state index in [4.69, 9.17) is 10.00 Å². The van der Waals surface area contributed by atoms with Crippen molar-refractivity contribution >= 4 is 17.7 Å². The predicted molar refractivity (Wildman–Crippen MR) is 96.4 cm³/mol. The Morgan fingerprint density at radius 1 is 1.30 bits per heavy atom. The normalized spacial score (nSPS) is 12.1. The molecule has 0 aliphatic rings. The fourth-order valence-corrected chi connectivity index (χ4v) is 3.23. The number of thioether (sulfide) groups is 1. The number of alkyl halides is 3. The largest absolute Gasteiger partial charge is 0.496 e. The Hall–Kier alpha value is -2.66. The summed E-state index contributed by atoms with van der Waals surface area (Å²) in [7, 11) is 1.53. The molecule has 1 unspecified atom stereocenters. The molecule has 0 aliphatic heterocycles. The number of nitrogens with one attached hydrogen (secondary N) is 1. The summed E-state index contributed by atoms with van der Waals surface area (Å²) < 4.78 is 44.2. The average molecular weight is 394 g/mol. The van der Waals surface area contributed by atoms with Crippen LogP contribution in [-0.2, 0) is 11.0 Å². The Morgan fingerprint density at radius 2 is 2.00 bits per heavy atom. The van der Waals surface area contributed by atoms with Crippen molar-refractivity contribution in [3.8, 4) is 11.8 Å². The number of methoxy groups -OCH3 is 1. The third kappa shape index (κ3) is 5.41. The van der Waals surface area contributed by atoms with Crippen molar-refractivity contribution in [3.05, 3.63) is 59.2 Å². The lowest BCUT2D eigenvalue weighted by Gasteiger charge is -2.17. The first-order chi connectivity index (χ1) is 12.8. The van der Waals surface area contributed by atoms with E-state index in [1.54, 1.807) is 13.0 Å². The molecule has 2 aromatic rings. The Balaban J connectivity index is 2.03. The van der Waals surface area contributed by atoms with Gasteiger partial charge in [-0.15, -0.1) is 11.8 Å². The molecule has 1 amide bonds. The maximum Gasteiger partial charge on any atom is 0.417 e. The summed E-state index contributed by atoms with van der Waals surface area (Å²) in [4.78, 5) is 12.4. The lowest BCUT2D eigenvalue weighted by Crippen LogP contribution is -2.28. The van der Waals surface area contributed by atoms with Crippen molar-refractivity contribution in [3.63, 3.8) is 0 Å². The summed E-state index contributed by atoms with van der Waals surface area (Å²) in [6, 6.07) is 11.9. The molecule has 1 atom stereocenters. The number of hydrogen-bond acceptors (Lipinski definition) is 4. The molecule has 0 radical (unpaired) electrons. The minimum Gasteiger partial charge on any atom is -0.496 e. The molecular formula is C19H17F3N2O2S. The molecule has 0 bridgehead atoms. The summed E-state index contributed by atoms with van der Waals surface area (Å²) in [6.07, 6.45) is -4.62. The molecule has 0 heterocycles. The van der Waals surface area contributed by atoms with E-state index in [0.29, 0.717) is 5.75 Å². The van der Waals surface area contributed by atoms with E-state index in [-0.39, 0.29) is 22.6 Å². The van der Waals surface area contributed by atoms with E-state index in [9.17, 15) is 18.0 Å². The van der Waals surface area contributed by atoms with Gasteiger partial charge in [0.25, 0.3) is 0 Å². The van der Waals surface area contributed by atoms with Gasteiger partial charge in [-0.1, -0.05) is 18.2 Å². The van der Waals surface area contributed by atoms with Gasteiger partial charge in [-0.3, -0.25) is 4.79 Å².